The first-order valence-electron chi connectivity index (χ1n) is 9.75. The van der Waals surface area contributed by atoms with Crippen molar-refractivity contribution in [3.05, 3.63) is 65.2 Å². The molecule has 2 rings (SSSR count). The molecule has 0 spiro atoms. The molecule has 0 radical (unpaired) electrons. The number of aryl methyl sites for hydroxylation is 1. The first-order chi connectivity index (χ1) is 13.2. The van der Waals surface area contributed by atoms with Gasteiger partial charge in [-0.05, 0) is 30.5 Å². The lowest BCUT2D eigenvalue weighted by Gasteiger charge is -2.20. The summed E-state index contributed by atoms with van der Waals surface area (Å²) in [6.07, 6.45) is 0. The van der Waals surface area contributed by atoms with Crippen molar-refractivity contribution >= 4 is 17.5 Å². The molecule has 0 heterocycles. The first kappa shape index (κ1) is 21.6. The van der Waals surface area contributed by atoms with Crippen molar-refractivity contribution in [1.29, 1.82) is 0 Å². The molecule has 0 aliphatic heterocycles. The number of rotatable bonds is 8. The van der Waals surface area contributed by atoms with Crippen LogP contribution in [0.2, 0.25) is 0 Å². The molecule has 2 aromatic carbocycles. The highest BCUT2D eigenvalue weighted by Crippen LogP contribution is 2.14. The third-order valence-corrected chi connectivity index (χ3v) is 4.75. The lowest BCUT2D eigenvalue weighted by Crippen LogP contribution is -3.08. The fourth-order valence-electron chi connectivity index (χ4n) is 2.97. The number of hydrogen-bond acceptors (Lipinski definition) is 2. The van der Waals surface area contributed by atoms with Crippen molar-refractivity contribution in [2.24, 2.45) is 0 Å². The van der Waals surface area contributed by atoms with E-state index in [0.29, 0.717) is 12.5 Å². The van der Waals surface area contributed by atoms with E-state index in [4.69, 9.17) is 0 Å². The predicted molar refractivity (Wildman–Crippen MR) is 113 cm³/mol. The molecule has 0 fully saturated rings. The van der Waals surface area contributed by atoms with E-state index in [1.165, 1.54) is 16.0 Å². The summed E-state index contributed by atoms with van der Waals surface area (Å²) in [7, 11) is 3.66. The Kier molecular flexibility index (Phi) is 7.76. The van der Waals surface area contributed by atoms with Crippen LogP contribution in [0, 0.1) is 6.92 Å². The smallest absolute Gasteiger partial charge is 0.277 e. The van der Waals surface area contributed by atoms with Crippen LogP contribution in [0.15, 0.2) is 48.5 Å². The summed E-state index contributed by atoms with van der Waals surface area (Å²) in [5, 5.41) is 2.82. The average Bonchev–Trinajstić information content (AvgIpc) is 2.63. The molecule has 5 nitrogen and oxygen atoms in total. The molecule has 2 amide bonds. The van der Waals surface area contributed by atoms with E-state index in [2.05, 4.69) is 43.4 Å². The summed E-state index contributed by atoms with van der Waals surface area (Å²) in [5.74, 6) is 0.275. The SMILES string of the molecule is Cc1ccc(NC(=O)CN(C)C(=O)C[NH+](C)Cc2ccc(C(C)C)cc2)cc1. The third kappa shape index (κ3) is 6.82. The van der Waals surface area contributed by atoms with Crippen molar-refractivity contribution in [3.63, 3.8) is 0 Å². The number of amides is 2. The molecule has 1 atom stereocenters. The molecule has 2 N–H and O–H groups in total. The van der Waals surface area contributed by atoms with Crippen molar-refractivity contribution in [2.45, 2.75) is 33.2 Å². The van der Waals surface area contributed by atoms with Crippen LogP contribution >= 0.6 is 0 Å². The molecule has 0 aliphatic rings. The monoisotopic (exact) mass is 382 g/mol. The van der Waals surface area contributed by atoms with Gasteiger partial charge in [0.2, 0.25) is 5.91 Å². The Bertz CT molecular complexity index is 782. The quantitative estimate of drug-likeness (QED) is 0.736. The second-order valence-electron chi connectivity index (χ2n) is 7.87. The van der Waals surface area contributed by atoms with E-state index in [0.717, 1.165) is 22.7 Å². The van der Waals surface area contributed by atoms with E-state index in [-0.39, 0.29) is 18.4 Å². The van der Waals surface area contributed by atoms with E-state index in [1.807, 2.05) is 38.2 Å². The molecule has 0 saturated heterocycles. The molecule has 28 heavy (non-hydrogen) atoms. The molecule has 0 aromatic heterocycles. The lowest BCUT2D eigenvalue weighted by molar-refractivity contribution is -0.885. The largest absolute Gasteiger partial charge is 0.332 e. The third-order valence-electron chi connectivity index (χ3n) is 4.75. The second-order valence-corrected chi connectivity index (χ2v) is 7.87. The zero-order chi connectivity index (χ0) is 20.7. The summed E-state index contributed by atoms with van der Waals surface area (Å²) >= 11 is 0. The maximum absolute atomic E-state index is 12.4. The topological polar surface area (TPSA) is 53.9 Å². The number of nitrogens with one attached hydrogen (secondary N) is 2. The normalized spacial score (nSPS) is 11.9. The minimum absolute atomic E-state index is 0.0447. The van der Waals surface area contributed by atoms with Crippen LogP contribution in [0.3, 0.4) is 0 Å². The standard InChI is InChI=1S/C23H31N3O2/c1-17(2)20-10-8-19(9-11-20)14-25(4)16-23(28)26(5)15-22(27)24-21-12-6-18(3)7-13-21/h6-13,17H,14-16H2,1-5H3,(H,24,27)/p+1. The molecular weight excluding hydrogens is 350 g/mol. The van der Waals surface area contributed by atoms with Crippen LogP contribution in [0.25, 0.3) is 0 Å². The highest BCUT2D eigenvalue weighted by Gasteiger charge is 2.17. The van der Waals surface area contributed by atoms with Gasteiger partial charge in [-0.3, -0.25) is 9.59 Å². The van der Waals surface area contributed by atoms with Gasteiger partial charge in [0.25, 0.3) is 5.91 Å². The van der Waals surface area contributed by atoms with Gasteiger partial charge in [-0.2, -0.15) is 0 Å². The highest BCUT2D eigenvalue weighted by molar-refractivity contribution is 5.94. The van der Waals surface area contributed by atoms with E-state index in [9.17, 15) is 9.59 Å². The molecule has 1 unspecified atom stereocenters. The first-order valence-corrected chi connectivity index (χ1v) is 9.75. The lowest BCUT2D eigenvalue weighted by atomic mass is 10.0. The Labute approximate surface area is 168 Å². The second kappa shape index (κ2) is 10.0. The van der Waals surface area contributed by atoms with Crippen LogP contribution in [0.1, 0.15) is 36.5 Å². The number of carbonyl (C=O) groups is 2. The molecule has 5 heteroatoms. The summed E-state index contributed by atoms with van der Waals surface area (Å²) < 4.78 is 0. The number of hydrogen-bond donors (Lipinski definition) is 2. The zero-order valence-electron chi connectivity index (χ0n) is 17.6. The van der Waals surface area contributed by atoms with Crippen LogP contribution in [-0.2, 0) is 16.1 Å². The Morgan fingerprint density at radius 3 is 2.21 bits per heavy atom. The van der Waals surface area contributed by atoms with Crippen LogP contribution in [-0.4, -0.2) is 43.9 Å². The van der Waals surface area contributed by atoms with Gasteiger partial charge < -0.3 is 15.1 Å². The van der Waals surface area contributed by atoms with Gasteiger partial charge in [0, 0.05) is 18.3 Å². The van der Waals surface area contributed by atoms with E-state index >= 15 is 0 Å². The highest BCUT2D eigenvalue weighted by atomic mass is 16.2. The van der Waals surface area contributed by atoms with Gasteiger partial charge in [-0.25, -0.2) is 0 Å². The fourth-order valence-corrected chi connectivity index (χ4v) is 2.97. The molecule has 150 valence electrons. The number of benzene rings is 2. The molecular formula is C23H32N3O2+. The van der Waals surface area contributed by atoms with Gasteiger partial charge in [0.1, 0.15) is 6.54 Å². The van der Waals surface area contributed by atoms with Crippen molar-refractivity contribution in [1.82, 2.24) is 4.90 Å². The number of anilines is 1. The number of likely N-dealkylation sites (N-methyl/N-ethyl adjacent to an activating group) is 2. The number of carbonyl (C=O) groups excluding carboxylic acids is 2. The van der Waals surface area contributed by atoms with Crippen molar-refractivity contribution in [3.8, 4) is 0 Å². The van der Waals surface area contributed by atoms with E-state index < -0.39 is 0 Å². The molecule has 2 aromatic rings. The maximum atomic E-state index is 12.4. The summed E-state index contributed by atoms with van der Waals surface area (Å²) in [4.78, 5) is 27.2. The summed E-state index contributed by atoms with van der Waals surface area (Å²) in [5.41, 5.74) is 4.39. The maximum Gasteiger partial charge on any atom is 0.277 e. The Hall–Kier alpha value is -2.66. The fraction of sp³-hybridized carbons (Fsp3) is 0.391. The van der Waals surface area contributed by atoms with Crippen molar-refractivity contribution < 1.29 is 14.5 Å². The van der Waals surface area contributed by atoms with Gasteiger partial charge in [-0.1, -0.05) is 55.8 Å². The molecule has 0 saturated carbocycles. The van der Waals surface area contributed by atoms with Crippen LogP contribution in [0.5, 0.6) is 0 Å². The van der Waals surface area contributed by atoms with Crippen LogP contribution < -0.4 is 10.2 Å². The van der Waals surface area contributed by atoms with Crippen LogP contribution in [0.4, 0.5) is 5.69 Å². The average molecular weight is 383 g/mol. The Morgan fingerprint density at radius 2 is 1.64 bits per heavy atom. The minimum atomic E-state index is -0.193. The Morgan fingerprint density at radius 1 is 1.04 bits per heavy atom. The van der Waals surface area contributed by atoms with Crippen molar-refractivity contribution in [2.75, 3.05) is 32.5 Å². The number of nitrogens with zero attached hydrogens (tertiary/aromatic N) is 1. The summed E-state index contributed by atoms with van der Waals surface area (Å²) in [6, 6.07) is 16.2. The zero-order valence-corrected chi connectivity index (χ0v) is 17.6. The molecule has 0 bridgehead atoms. The summed E-state index contributed by atoms with van der Waals surface area (Å²) in [6.45, 7) is 7.51. The van der Waals surface area contributed by atoms with Gasteiger partial charge in [0.05, 0.1) is 13.6 Å². The van der Waals surface area contributed by atoms with Gasteiger partial charge >= 0.3 is 0 Å². The minimum Gasteiger partial charge on any atom is -0.332 e. The molecule has 0 aliphatic carbocycles. The predicted octanol–water partition coefficient (Wildman–Crippen LogP) is 2.23. The van der Waals surface area contributed by atoms with E-state index in [1.54, 1.807) is 7.05 Å². The Balaban J connectivity index is 1.80. The van der Waals surface area contributed by atoms with Gasteiger partial charge in [-0.15, -0.1) is 0 Å². The van der Waals surface area contributed by atoms with Gasteiger partial charge in [0.15, 0.2) is 6.54 Å². The number of quaternary nitrogens is 1.